The Balaban J connectivity index is 0.000000204. The maximum Gasteiger partial charge on any atom is 0.269 e. The van der Waals surface area contributed by atoms with E-state index in [4.69, 9.17) is 26.3 Å². The Labute approximate surface area is 708 Å². The summed E-state index contributed by atoms with van der Waals surface area (Å²) < 4.78 is 6.96. The Hall–Kier alpha value is -11.1. The number of anilines is 1. The monoisotopic (exact) mass is 2010 g/mol. The number of fused-ring (bicyclic) bond motifs is 8. The fourth-order valence-electron chi connectivity index (χ4n) is 19.6. The molecular weight excluding hydrogens is 1930 g/mol. The van der Waals surface area contributed by atoms with E-state index >= 15 is 0 Å². The predicted octanol–water partition coefficient (Wildman–Crippen LogP) is 21.1. The summed E-state index contributed by atoms with van der Waals surface area (Å²) in [6.07, 6.45) is 24.3. The van der Waals surface area contributed by atoms with Crippen molar-refractivity contribution in [2.75, 3.05) is 18.0 Å². The summed E-state index contributed by atoms with van der Waals surface area (Å²) in [7, 11) is 0. The molecule has 7 aromatic carbocycles. The number of nitriles is 1. The quantitative estimate of drug-likeness (QED) is 0.103. The number of rotatable bonds is 9. The average Bonchev–Trinajstić information content (AvgIpc) is 0.666. The summed E-state index contributed by atoms with van der Waals surface area (Å²) in [5.41, 5.74) is 26.7. The van der Waals surface area contributed by atoms with Crippen molar-refractivity contribution < 1.29 is 65.1 Å². The normalized spacial score (nSPS) is 22.2. The van der Waals surface area contributed by atoms with Gasteiger partial charge in [-0.2, -0.15) is 0 Å². The van der Waals surface area contributed by atoms with Crippen LogP contribution < -0.4 is 4.90 Å². The second-order valence-corrected chi connectivity index (χ2v) is 30.5. The molecule has 3 aliphatic heterocycles. The first-order chi connectivity index (χ1) is 54.8. The fraction of sp³-hybridized carbons (Fsp3) is 0.188. The molecule has 3 radical (unpaired) electrons. The van der Waals surface area contributed by atoms with Gasteiger partial charge in [-0.3, -0.25) is 0 Å². The Kier molecular flexibility index (Phi) is 22.6. The standard InChI is InChI=1S/C68H51N6O.3C11H8N.3Ir/c1-70-63(37-69)45-28-50(75-64(31-45)65-46-27-44-30-60(43-15-9-4-10-16-43)71-38-54(44)53(65)29-46)18-17-40-25-47-36-67(48-32-55(67)51-19-21-58(72-61(51)34-48)41-11-5-2-6-12-41)39-74-24-23-68(57(26-40)66(47)74)49-33-56(68)52-20-22-59(73-62(52)35-49)42-13-7-3-8-14-42;3*1-2-6-10(7-3-1)11-8-4-5-9-12-11;;;/h2-11,13,15,17-22,25-26,28,30-31,38,46,48-49,53,55-56,65H,23-24,27,29,32-36,39H2;3*1-6,8-9H;;;/q-3;3*-1;;;/b18-17+,63-45-;;;;;;. The van der Waals surface area contributed by atoms with Gasteiger partial charge in [-0.05, 0) is 214 Å². The number of hydrogen-bond acceptors (Lipinski definition) is 9. The van der Waals surface area contributed by atoms with Crippen LogP contribution in [0.5, 0.6) is 0 Å². The molecule has 563 valence electrons. The molecule has 2 spiro atoms. The molecule has 3 fully saturated rings. The molecule has 13 aromatic rings. The van der Waals surface area contributed by atoms with Gasteiger partial charge in [-0.25, -0.2) is 10.1 Å². The molecule has 9 atom stereocenters. The van der Waals surface area contributed by atoms with Crippen molar-refractivity contribution in [2.45, 2.75) is 74.5 Å². The zero-order chi connectivity index (χ0) is 74.2. The zero-order valence-corrected chi connectivity index (χ0v) is 69.4. The Morgan fingerprint density at radius 2 is 1.02 bits per heavy atom. The molecule has 0 saturated heterocycles. The van der Waals surface area contributed by atoms with Gasteiger partial charge >= 0.3 is 0 Å². The molecule has 114 heavy (non-hydrogen) atoms. The molecule has 6 aliphatic carbocycles. The average molecular weight is 2010 g/mol. The molecule has 0 N–H and O–H groups in total. The Bertz CT molecular complexity index is 5540. The number of pyridine rings is 6. The molecule has 22 rings (SSSR count). The van der Waals surface area contributed by atoms with E-state index in [-0.39, 0.29) is 88.7 Å². The molecule has 9 unspecified atom stereocenters. The fourth-order valence-corrected chi connectivity index (χ4v) is 19.6. The van der Waals surface area contributed by atoms with Crippen molar-refractivity contribution in [3.05, 3.63) is 407 Å². The van der Waals surface area contributed by atoms with Gasteiger partial charge in [0.25, 0.3) is 5.70 Å². The number of nitrogens with zero attached hydrogens (tertiary/aromatic N) is 9. The molecule has 0 amide bonds. The van der Waals surface area contributed by atoms with E-state index in [1.54, 1.807) is 18.6 Å². The van der Waals surface area contributed by atoms with Crippen LogP contribution in [-0.2, 0) is 96.2 Å². The molecular formula is C101H75Ir3N9O-6. The Morgan fingerprint density at radius 3 is 1.53 bits per heavy atom. The summed E-state index contributed by atoms with van der Waals surface area (Å²) >= 11 is 0. The van der Waals surface area contributed by atoms with Crippen molar-refractivity contribution in [3.8, 4) is 73.6 Å². The largest absolute Gasteiger partial charge is 0.461 e. The number of aromatic nitrogens is 6. The van der Waals surface area contributed by atoms with E-state index in [0.29, 0.717) is 40.9 Å². The van der Waals surface area contributed by atoms with Crippen LogP contribution >= 0.6 is 0 Å². The molecule has 6 bridgehead atoms. The van der Waals surface area contributed by atoms with E-state index in [9.17, 15) is 5.26 Å². The predicted molar refractivity (Wildman–Crippen MR) is 435 cm³/mol. The first kappa shape index (κ1) is 76.9. The molecule has 3 saturated carbocycles. The summed E-state index contributed by atoms with van der Waals surface area (Å²) in [6, 6.07) is 104. The SMILES string of the molecule is [C-]#[N+]/C(C#N)=C1C=C(/C=C/c2cc3c4c(c2)C2(CCN4CC4(C3)C3Cc5nc(-c6[c-]cccc6)ccc5C4C3)C3Cc4nc(-c5[c-]cccc5)ccc4C2C3)OC(C2C3Cc4cc(-c5[c-]cccc5)ncc4C2C3)=C/1.[Ir].[Ir].[Ir].[c-]1ccccc1-c1ccccn1.[c-]1ccccc1-c1ccccn1.[c-]1ccccc1-c1ccccn1. The minimum absolute atomic E-state index is 0. The van der Waals surface area contributed by atoms with Gasteiger partial charge < -0.3 is 39.5 Å². The van der Waals surface area contributed by atoms with E-state index < -0.39 is 0 Å². The molecule has 10 nitrogen and oxygen atoms in total. The van der Waals surface area contributed by atoms with E-state index in [0.717, 1.165) is 125 Å². The van der Waals surface area contributed by atoms with Gasteiger partial charge in [0.05, 0.1) is 12.6 Å². The van der Waals surface area contributed by atoms with Crippen LogP contribution in [0.15, 0.2) is 308 Å². The van der Waals surface area contributed by atoms with Crippen LogP contribution in [0.3, 0.4) is 0 Å². The van der Waals surface area contributed by atoms with Gasteiger partial charge in [0.1, 0.15) is 11.5 Å². The third-order valence-electron chi connectivity index (χ3n) is 24.8. The second kappa shape index (κ2) is 33.5. The van der Waals surface area contributed by atoms with E-state index in [1.807, 2.05) is 182 Å². The van der Waals surface area contributed by atoms with Crippen LogP contribution in [0.2, 0.25) is 0 Å². The van der Waals surface area contributed by atoms with Gasteiger partial charge in [0.15, 0.2) is 0 Å². The first-order valence-electron chi connectivity index (χ1n) is 38.6. The molecule has 13 heteroatoms. The topological polar surface area (TPSA) is 118 Å². The minimum Gasteiger partial charge on any atom is -0.461 e. The van der Waals surface area contributed by atoms with Crippen molar-refractivity contribution in [3.63, 3.8) is 0 Å². The van der Waals surface area contributed by atoms with Crippen LogP contribution in [0.1, 0.15) is 93.8 Å². The molecule has 9 aliphatic rings. The van der Waals surface area contributed by atoms with Crippen molar-refractivity contribution in [1.82, 2.24) is 29.9 Å². The van der Waals surface area contributed by atoms with Crippen molar-refractivity contribution in [2.24, 2.45) is 29.1 Å². The van der Waals surface area contributed by atoms with Gasteiger partial charge in [0.2, 0.25) is 0 Å². The molecule has 9 heterocycles. The number of hydrogen-bond donors (Lipinski definition) is 0. The third-order valence-corrected chi connectivity index (χ3v) is 24.8. The maximum absolute atomic E-state index is 10.2. The summed E-state index contributed by atoms with van der Waals surface area (Å²) in [5.74, 6) is 4.29. The minimum atomic E-state index is 0. The smallest absolute Gasteiger partial charge is 0.269 e. The summed E-state index contributed by atoms with van der Waals surface area (Å²) in [6.45, 7) is 10.2. The second-order valence-electron chi connectivity index (χ2n) is 30.5. The zero-order valence-electron chi connectivity index (χ0n) is 62.3. The summed E-state index contributed by atoms with van der Waals surface area (Å²) in [4.78, 5) is 34.8. The van der Waals surface area contributed by atoms with Crippen LogP contribution in [0.4, 0.5) is 5.69 Å². The Morgan fingerprint density at radius 1 is 0.509 bits per heavy atom. The number of benzene rings is 7. The maximum atomic E-state index is 10.2. The third kappa shape index (κ3) is 14.6. The van der Waals surface area contributed by atoms with E-state index in [1.165, 1.54) is 68.9 Å². The van der Waals surface area contributed by atoms with Gasteiger partial charge in [-0.15, -0.1) is 215 Å². The van der Waals surface area contributed by atoms with Gasteiger partial charge in [-0.1, -0.05) is 72.8 Å². The molecule has 6 aromatic heterocycles. The number of ether oxygens (including phenoxy) is 1. The van der Waals surface area contributed by atoms with Crippen molar-refractivity contribution >= 4 is 11.8 Å². The van der Waals surface area contributed by atoms with Crippen LogP contribution in [0, 0.1) is 83.4 Å². The summed E-state index contributed by atoms with van der Waals surface area (Å²) in [5, 5.41) is 10.2. The van der Waals surface area contributed by atoms with E-state index in [2.05, 4.69) is 158 Å². The number of allylic oxidation sites excluding steroid dienone is 6. The van der Waals surface area contributed by atoms with Crippen LogP contribution in [0.25, 0.3) is 78.5 Å². The first-order valence-corrected chi connectivity index (χ1v) is 38.6. The van der Waals surface area contributed by atoms with Crippen molar-refractivity contribution in [1.29, 1.82) is 5.26 Å². The van der Waals surface area contributed by atoms with Crippen LogP contribution in [-0.4, -0.2) is 43.0 Å². The van der Waals surface area contributed by atoms with Gasteiger partial charge in [0, 0.05) is 132 Å².